The fourth-order valence-corrected chi connectivity index (χ4v) is 2.77. The van der Waals surface area contributed by atoms with E-state index in [1.54, 1.807) is 12.1 Å². The molecule has 0 saturated carbocycles. The van der Waals surface area contributed by atoms with E-state index in [1.165, 1.54) is 38.0 Å². The molecule has 3 N–H and O–H groups in total. The topological polar surface area (TPSA) is 72.2 Å². The van der Waals surface area contributed by atoms with Gasteiger partial charge in [0, 0.05) is 12.3 Å². The second-order valence-corrected chi connectivity index (χ2v) is 7.43. The minimum atomic E-state index is -3.20. The molecular formula is C15H26N2O2S. The van der Waals surface area contributed by atoms with Crippen molar-refractivity contribution in [3.8, 4) is 0 Å². The highest BCUT2D eigenvalue weighted by atomic mass is 32.2. The smallest absolute Gasteiger partial charge is 0.175 e. The molecule has 0 heterocycles. The number of hydrogen-bond donors (Lipinski definition) is 2. The molecule has 4 nitrogen and oxygen atoms in total. The van der Waals surface area contributed by atoms with Gasteiger partial charge in [-0.2, -0.15) is 0 Å². The van der Waals surface area contributed by atoms with Crippen LogP contribution in [0, 0.1) is 0 Å². The van der Waals surface area contributed by atoms with Crippen molar-refractivity contribution in [2.45, 2.75) is 56.9 Å². The summed E-state index contributed by atoms with van der Waals surface area (Å²) in [6.07, 6.45) is 7.24. The van der Waals surface area contributed by atoms with Crippen molar-refractivity contribution in [1.29, 1.82) is 0 Å². The minimum absolute atomic E-state index is 0.260. The Morgan fingerprint density at radius 2 is 1.95 bits per heavy atom. The van der Waals surface area contributed by atoms with Gasteiger partial charge in [-0.3, -0.25) is 0 Å². The van der Waals surface area contributed by atoms with Gasteiger partial charge in [-0.15, -0.1) is 0 Å². The number of nitrogen functional groups attached to an aromatic ring is 1. The van der Waals surface area contributed by atoms with Crippen molar-refractivity contribution in [1.82, 2.24) is 0 Å². The first-order valence-corrected chi connectivity index (χ1v) is 9.10. The first-order chi connectivity index (χ1) is 9.34. The Balaban J connectivity index is 2.60. The Hall–Kier alpha value is -1.23. The molecule has 1 aromatic carbocycles. The first kappa shape index (κ1) is 16.8. The lowest BCUT2D eigenvalue weighted by Crippen LogP contribution is -2.16. The SMILES string of the molecule is CCCCCCC(C)Nc1ccc(S(C)(=O)=O)cc1N. The predicted octanol–water partition coefficient (Wildman–Crippen LogP) is 3.44. The first-order valence-electron chi connectivity index (χ1n) is 7.20. The lowest BCUT2D eigenvalue weighted by molar-refractivity contribution is 0.594. The molecule has 0 spiro atoms. The zero-order valence-corrected chi connectivity index (χ0v) is 13.5. The van der Waals surface area contributed by atoms with Gasteiger partial charge < -0.3 is 11.1 Å². The van der Waals surface area contributed by atoms with Gasteiger partial charge >= 0.3 is 0 Å². The molecule has 1 atom stereocenters. The van der Waals surface area contributed by atoms with E-state index in [-0.39, 0.29) is 4.90 Å². The van der Waals surface area contributed by atoms with E-state index in [0.29, 0.717) is 11.7 Å². The summed E-state index contributed by atoms with van der Waals surface area (Å²) in [7, 11) is -3.20. The molecule has 5 heteroatoms. The quantitative estimate of drug-likeness (QED) is 0.569. The highest BCUT2D eigenvalue weighted by molar-refractivity contribution is 7.90. The number of rotatable bonds is 8. The maximum Gasteiger partial charge on any atom is 0.175 e. The van der Waals surface area contributed by atoms with Crippen LogP contribution in [0.5, 0.6) is 0 Å². The molecule has 114 valence electrons. The van der Waals surface area contributed by atoms with E-state index in [9.17, 15) is 8.42 Å². The van der Waals surface area contributed by atoms with E-state index < -0.39 is 9.84 Å². The number of hydrogen-bond acceptors (Lipinski definition) is 4. The van der Waals surface area contributed by atoms with E-state index in [2.05, 4.69) is 19.2 Å². The Morgan fingerprint density at radius 3 is 2.50 bits per heavy atom. The summed E-state index contributed by atoms with van der Waals surface area (Å²) in [6.45, 7) is 4.32. The number of benzene rings is 1. The molecule has 1 unspecified atom stereocenters. The number of unbranched alkanes of at least 4 members (excludes halogenated alkanes) is 3. The molecule has 0 bridgehead atoms. The summed E-state index contributed by atoms with van der Waals surface area (Å²) in [5.41, 5.74) is 7.20. The van der Waals surface area contributed by atoms with Gasteiger partial charge in [0.05, 0.1) is 16.3 Å². The number of anilines is 2. The van der Waals surface area contributed by atoms with Crippen LogP contribution in [-0.4, -0.2) is 20.7 Å². The van der Waals surface area contributed by atoms with E-state index in [4.69, 9.17) is 5.73 Å². The molecule has 20 heavy (non-hydrogen) atoms. The second-order valence-electron chi connectivity index (χ2n) is 5.42. The molecule has 0 aromatic heterocycles. The van der Waals surface area contributed by atoms with E-state index in [0.717, 1.165) is 12.1 Å². The Kier molecular flexibility index (Phi) is 6.33. The Bertz CT molecular complexity index is 527. The molecule has 1 rings (SSSR count). The maximum absolute atomic E-state index is 11.4. The summed E-state index contributed by atoms with van der Waals surface area (Å²) < 4.78 is 22.9. The van der Waals surface area contributed by atoms with Gasteiger partial charge in [-0.05, 0) is 31.5 Å². The predicted molar refractivity (Wildman–Crippen MR) is 85.8 cm³/mol. The lowest BCUT2D eigenvalue weighted by atomic mass is 10.1. The number of nitrogens with two attached hydrogens (primary N) is 1. The Morgan fingerprint density at radius 1 is 1.25 bits per heavy atom. The highest BCUT2D eigenvalue weighted by Gasteiger charge is 2.10. The van der Waals surface area contributed by atoms with Crippen LogP contribution in [0.25, 0.3) is 0 Å². The summed E-state index contributed by atoms with van der Waals surface area (Å²) in [4.78, 5) is 0.260. The zero-order chi connectivity index (χ0) is 15.2. The van der Waals surface area contributed by atoms with Crippen LogP contribution >= 0.6 is 0 Å². The zero-order valence-electron chi connectivity index (χ0n) is 12.6. The van der Waals surface area contributed by atoms with Crippen LogP contribution in [0.3, 0.4) is 0 Å². The van der Waals surface area contributed by atoms with Gasteiger partial charge in [-0.1, -0.05) is 32.6 Å². The third-order valence-corrected chi connectivity index (χ3v) is 4.45. The molecule has 0 aliphatic carbocycles. The van der Waals surface area contributed by atoms with Gasteiger partial charge in [0.1, 0.15) is 0 Å². The lowest BCUT2D eigenvalue weighted by Gasteiger charge is -2.17. The van der Waals surface area contributed by atoms with Crippen LogP contribution in [0.15, 0.2) is 23.1 Å². The van der Waals surface area contributed by atoms with Crippen molar-refractivity contribution < 1.29 is 8.42 Å². The van der Waals surface area contributed by atoms with Gasteiger partial charge in [0.2, 0.25) is 0 Å². The molecule has 0 amide bonds. The van der Waals surface area contributed by atoms with E-state index in [1.807, 2.05) is 0 Å². The molecule has 0 aliphatic rings. The maximum atomic E-state index is 11.4. The largest absolute Gasteiger partial charge is 0.397 e. The van der Waals surface area contributed by atoms with Gasteiger partial charge in [0.25, 0.3) is 0 Å². The molecule has 0 fully saturated rings. The van der Waals surface area contributed by atoms with Crippen LogP contribution in [-0.2, 0) is 9.84 Å². The second kappa shape index (κ2) is 7.53. The molecule has 0 aliphatic heterocycles. The summed E-state index contributed by atoms with van der Waals surface area (Å²) in [5.74, 6) is 0. The third-order valence-electron chi connectivity index (χ3n) is 3.34. The van der Waals surface area contributed by atoms with Crippen LogP contribution in [0.2, 0.25) is 0 Å². The van der Waals surface area contributed by atoms with Crippen LogP contribution in [0.4, 0.5) is 11.4 Å². The normalized spacial score (nSPS) is 13.2. The van der Waals surface area contributed by atoms with Gasteiger partial charge in [0.15, 0.2) is 9.84 Å². The number of sulfone groups is 1. The van der Waals surface area contributed by atoms with Crippen molar-refractivity contribution >= 4 is 21.2 Å². The fraction of sp³-hybridized carbons (Fsp3) is 0.600. The standard InChI is InChI=1S/C15H26N2O2S/c1-4-5-6-7-8-12(2)17-15-10-9-13(11-14(15)16)20(3,18)19/h9-12,17H,4-8,16H2,1-3H3. The number of nitrogens with one attached hydrogen (secondary N) is 1. The minimum Gasteiger partial charge on any atom is -0.397 e. The summed E-state index contributed by atoms with van der Waals surface area (Å²) in [6, 6.07) is 5.19. The van der Waals surface area contributed by atoms with Crippen molar-refractivity contribution in [3.63, 3.8) is 0 Å². The van der Waals surface area contributed by atoms with Crippen LogP contribution in [0.1, 0.15) is 46.0 Å². The monoisotopic (exact) mass is 298 g/mol. The molecular weight excluding hydrogens is 272 g/mol. The molecule has 0 saturated heterocycles. The van der Waals surface area contributed by atoms with Crippen molar-refractivity contribution in [3.05, 3.63) is 18.2 Å². The third kappa shape index (κ3) is 5.41. The van der Waals surface area contributed by atoms with Gasteiger partial charge in [-0.25, -0.2) is 8.42 Å². The molecule has 1 aromatic rings. The summed E-state index contributed by atoms with van der Waals surface area (Å²) in [5, 5.41) is 3.35. The van der Waals surface area contributed by atoms with Crippen molar-refractivity contribution in [2.24, 2.45) is 0 Å². The van der Waals surface area contributed by atoms with Crippen LogP contribution < -0.4 is 11.1 Å². The fourth-order valence-electron chi connectivity index (χ4n) is 2.12. The highest BCUT2D eigenvalue weighted by Crippen LogP contribution is 2.24. The Labute approximate surface area is 122 Å². The summed E-state index contributed by atoms with van der Waals surface area (Å²) >= 11 is 0. The van der Waals surface area contributed by atoms with Crippen molar-refractivity contribution in [2.75, 3.05) is 17.3 Å². The van der Waals surface area contributed by atoms with E-state index >= 15 is 0 Å². The molecule has 0 radical (unpaired) electrons. The average Bonchev–Trinajstić information content (AvgIpc) is 2.36. The average molecular weight is 298 g/mol.